The molecule has 23 heavy (non-hydrogen) atoms. The van der Waals surface area contributed by atoms with Gasteiger partial charge in [-0.25, -0.2) is 9.59 Å². The molecule has 1 aliphatic heterocycles. The second-order valence-electron chi connectivity index (χ2n) is 5.40. The lowest BCUT2D eigenvalue weighted by molar-refractivity contribution is -0.174. The van der Waals surface area contributed by atoms with Crippen molar-refractivity contribution in [3.8, 4) is 11.1 Å². The first kappa shape index (κ1) is 15.1. The molecule has 0 saturated carbocycles. The van der Waals surface area contributed by atoms with Gasteiger partial charge >= 0.3 is 12.1 Å². The van der Waals surface area contributed by atoms with Gasteiger partial charge in [0.2, 0.25) is 0 Å². The van der Waals surface area contributed by atoms with E-state index in [4.69, 9.17) is 9.47 Å². The minimum Gasteiger partial charge on any atom is -0.458 e. The summed E-state index contributed by atoms with van der Waals surface area (Å²) in [5, 5.41) is 2.49. The Balaban J connectivity index is 1.52. The highest BCUT2D eigenvalue weighted by Gasteiger charge is 2.40. The minimum atomic E-state index is -0.620. The van der Waals surface area contributed by atoms with E-state index in [2.05, 4.69) is 5.32 Å². The number of carbonyl (C=O) groups excluding carboxylic acids is 2. The molecule has 5 heteroatoms. The monoisotopic (exact) mass is 311 g/mol. The van der Waals surface area contributed by atoms with Gasteiger partial charge in [0.15, 0.2) is 6.04 Å². The molecule has 1 N–H and O–H groups in total. The van der Waals surface area contributed by atoms with Gasteiger partial charge in [-0.05, 0) is 23.6 Å². The molecule has 1 fully saturated rings. The van der Waals surface area contributed by atoms with E-state index >= 15 is 0 Å². The highest BCUT2D eigenvalue weighted by Crippen LogP contribution is 2.19. The molecule has 2 atom stereocenters. The van der Waals surface area contributed by atoms with Gasteiger partial charge in [-0.15, -0.1) is 0 Å². The Morgan fingerprint density at radius 3 is 2.35 bits per heavy atom. The van der Waals surface area contributed by atoms with Crippen molar-refractivity contribution in [1.82, 2.24) is 5.32 Å². The first-order chi connectivity index (χ1) is 11.1. The van der Waals surface area contributed by atoms with Gasteiger partial charge in [0.05, 0.1) is 0 Å². The van der Waals surface area contributed by atoms with Gasteiger partial charge in [-0.1, -0.05) is 54.6 Å². The van der Waals surface area contributed by atoms with Crippen LogP contribution < -0.4 is 5.32 Å². The fourth-order valence-electron chi connectivity index (χ4n) is 2.36. The fraction of sp³-hybridized carbons (Fsp3) is 0.222. The lowest BCUT2D eigenvalue weighted by Crippen LogP contribution is -2.58. The Bertz CT molecular complexity index is 697. The molecule has 1 aliphatic rings. The molecule has 0 unspecified atom stereocenters. The summed E-state index contributed by atoms with van der Waals surface area (Å²) in [7, 11) is 0. The molecule has 1 saturated heterocycles. The van der Waals surface area contributed by atoms with Crippen LogP contribution in [0.5, 0.6) is 0 Å². The van der Waals surface area contributed by atoms with E-state index in [0.29, 0.717) is 0 Å². The largest absolute Gasteiger partial charge is 0.458 e. The summed E-state index contributed by atoms with van der Waals surface area (Å²) in [5.74, 6) is -0.429. The van der Waals surface area contributed by atoms with Crippen LogP contribution in [0.4, 0.5) is 4.79 Å². The zero-order chi connectivity index (χ0) is 16.2. The van der Waals surface area contributed by atoms with Crippen LogP contribution in [0.2, 0.25) is 0 Å². The number of amides is 1. The molecular formula is C18H17NO4. The van der Waals surface area contributed by atoms with E-state index in [9.17, 15) is 9.59 Å². The van der Waals surface area contributed by atoms with E-state index in [1.54, 1.807) is 6.92 Å². The maximum Gasteiger partial charge on any atom is 0.408 e. The summed E-state index contributed by atoms with van der Waals surface area (Å²) < 4.78 is 9.88. The highest BCUT2D eigenvalue weighted by molar-refractivity contribution is 5.86. The summed E-state index contributed by atoms with van der Waals surface area (Å²) in [4.78, 5) is 22.8. The highest BCUT2D eigenvalue weighted by atomic mass is 16.6. The zero-order valence-corrected chi connectivity index (χ0v) is 12.7. The number of rotatable bonds is 4. The van der Waals surface area contributed by atoms with Gasteiger partial charge in [0, 0.05) is 0 Å². The summed E-state index contributed by atoms with van der Waals surface area (Å²) in [6.45, 7) is 1.87. The Morgan fingerprint density at radius 1 is 1.09 bits per heavy atom. The van der Waals surface area contributed by atoms with Gasteiger partial charge < -0.3 is 14.8 Å². The van der Waals surface area contributed by atoms with Crippen molar-refractivity contribution < 1.29 is 19.1 Å². The molecular weight excluding hydrogens is 294 g/mol. The van der Waals surface area contributed by atoms with E-state index in [-0.39, 0.29) is 12.7 Å². The molecule has 1 amide bonds. The fourth-order valence-corrected chi connectivity index (χ4v) is 2.36. The third kappa shape index (κ3) is 3.51. The average molecular weight is 311 g/mol. The molecule has 0 bridgehead atoms. The zero-order valence-electron chi connectivity index (χ0n) is 12.7. The smallest absolute Gasteiger partial charge is 0.408 e. The number of carbonyl (C=O) groups is 2. The predicted molar refractivity (Wildman–Crippen MR) is 84.5 cm³/mol. The van der Waals surface area contributed by atoms with Crippen LogP contribution in [-0.4, -0.2) is 24.2 Å². The second-order valence-corrected chi connectivity index (χ2v) is 5.40. The summed E-state index contributed by atoms with van der Waals surface area (Å²) in [5.41, 5.74) is 3.11. The lowest BCUT2D eigenvalue weighted by Gasteiger charge is -2.32. The molecule has 5 nitrogen and oxygen atoms in total. The summed E-state index contributed by atoms with van der Waals surface area (Å²) in [6.07, 6.45) is -0.925. The normalized spacial score (nSPS) is 19.4. The SMILES string of the molecule is C[C@H]1OC(=O)[C@@H]1NC(=O)OCc1ccc(-c2ccccc2)cc1. The summed E-state index contributed by atoms with van der Waals surface area (Å²) in [6, 6.07) is 17.2. The van der Waals surface area contributed by atoms with Crippen LogP contribution in [0, 0.1) is 0 Å². The maximum absolute atomic E-state index is 11.7. The molecule has 2 aromatic carbocycles. The molecule has 0 aliphatic carbocycles. The van der Waals surface area contributed by atoms with Crippen molar-refractivity contribution in [2.45, 2.75) is 25.7 Å². The average Bonchev–Trinajstić information content (AvgIpc) is 2.59. The first-order valence-corrected chi connectivity index (χ1v) is 7.41. The third-order valence-electron chi connectivity index (χ3n) is 3.73. The molecule has 118 valence electrons. The Labute approximate surface area is 134 Å². The Morgan fingerprint density at radius 2 is 1.74 bits per heavy atom. The Kier molecular flexibility index (Phi) is 4.28. The molecule has 1 heterocycles. The number of hydrogen-bond acceptors (Lipinski definition) is 4. The topological polar surface area (TPSA) is 64.6 Å². The number of esters is 1. The molecule has 0 spiro atoms. The predicted octanol–water partition coefficient (Wildman–Crippen LogP) is 2.89. The van der Waals surface area contributed by atoms with Gasteiger partial charge in [-0.2, -0.15) is 0 Å². The lowest BCUT2D eigenvalue weighted by atomic mass is 10.0. The van der Waals surface area contributed by atoms with E-state index in [0.717, 1.165) is 16.7 Å². The number of hydrogen-bond donors (Lipinski definition) is 1. The van der Waals surface area contributed by atoms with Crippen molar-refractivity contribution in [3.63, 3.8) is 0 Å². The van der Waals surface area contributed by atoms with Crippen LogP contribution in [0.3, 0.4) is 0 Å². The number of benzene rings is 2. The van der Waals surface area contributed by atoms with Crippen molar-refractivity contribution in [3.05, 3.63) is 60.2 Å². The number of cyclic esters (lactones) is 1. The number of nitrogens with one attached hydrogen (secondary N) is 1. The van der Waals surface area contributed by atoms with Crippen molar-refractivity contribution in [1.29, 1.82) is 0 Å². The van der Waals surface area contributed by atoms with E-state index < -0.39 is 18.1 Å². The molecule has 3 rings (SSSR count). The molecule has 2 aromatic rings. The number of alkyl carbamates (subject to hydrolysis) is 1. The van der Waals surface area contributed by atoms with Gasteiger partial charge in [0.25, 0.3) is 0 Å². The van der Waals surface area contributed by atoms with Crippen LogP contribution in [0.1, 0.15) is 12.5 Å². The van der Waals surface area contributed by atoms with E-state index in [1.807, 2.05) is 54.6 Å². The first-order valence-electron chi connectivity index (χ1n) is 7.41. The summed E-state index contributed by atoms with van der Waals surface area (Å²) >= 11 is 0. The third-order valence-corrected chi connectivity index (χ3v) is 3.73. The minimum absolute atomic E-state index is 0.150. The van der Waals surface area contributed by atoms with Crippen molar-refractivity contribution in [2.75, 3.05) is 0 Å². The van der Waals surface area contributed by atoms with Crippen LogP contribution in [-0.2, 0) is 20.9 Å². The van der Waals surface area contributed by atoms with Gasteiger partial charge in [0.1, 0.15) is 12.7 Å². The van der Waals surface area contributed by atoms with Crippen molar-refractivity contribution >= 4 is 12.1 Å². The number of ether oxygens (including phenoxy) is 2. The van der Waals surface area contributed by atoms with E-state index in [1.165, 1.54) is 0 Å². The maximum atomic E-state index is 11.7. The van der Waals surface area contributed by atoms with Crippen LogP contribution in [0.25, 0.3) is 11.1 Å². The van der Waals surface area contributed by atoms with Gasteiger partial charge in [-0.3, -0.25) is 0 Å². The Hall–Kier alpha value is -2.82. The molecule has 0 aromatic heterocycles. The van der Waals surface area contributed by atoms with Crippen LogP contribution >= 0.6 is 0 Å². The molecule has 0 radical (unpaired) electrons. The van der Waals surface area contributed by atoms with Crippen molar-refractivity contribution in [2.24, 2.45) is 0 Å². The standard InChI is InChI=1S/C18H17NO4/c1-12-16(17(20)23-12)19-18(21)22-11-13-7-9-15(10-8-13)14-5-3-2-4-6-14/h2-10,12,16H,11H2,1H3,(H,19,21)/t12-,16-/m1/s1. The second kappa shape index (κ2) is 6.52. The van der Waals surface area contributed by atoms with Crippen LogP contribution in [0.15, 0.2) is 54.6 Å². The quantitative estimate of drug-likeness (QED) is 0.882.